The molecule has 0 atom stereocenters. The summed E-state index contributed by atoms with van der Waals surface area (Å²) in [6.45, 7) is 4.89. The maximum Gasteiger partial charge on any atom is 0.319 e. The van der Waals surface area contributed by atoms with Crippen molar-refractivity contribution in [1.82, 2.24) is 30.3 Å². The molecule has 1 aliphatic carbocycles. The molecule has 2 amide bonds. The molecule has 1 aromatic carbocycles. The fourth-order valence-corrected chi connectivity index (χ4v) is 3.63. The Balaban J connectivity index is 1.46. The molecule has 2 heterocycles. The van der Waals surface area contributed by atoms with Gasteiger partial charge in [0.1, 0.15) is 6.33 Å². The van der Waals surface area contributed by atoms with Crippen LogP contribution in [0, 0.1) is 5.41 Å². The van der Waals surface area contributed by atoms with Crippen molar-refractivity contribution in [3.63, 3.8) is 0 Å². The van der Waals surface area contributed by atoms with E-state index < -0.39 is 0 Å². The molecule has 8 nitrogen and oxygen atoms in total. The molecule has 8 heteroatoms. The van der Waals surface area contributed by atoms with Gasteiger partial charge >= 0.3 is 6.03 Å². The number of benzene rings is 1. The molecule has 0 saturated carbocycles. The Labute approximate surface area is 163 Å². The standard InChI is InChI=1S/C20H25N7O/c1-20(2)8-7-15-16(10-20)24-26-18(15)13-5-4-6-14(9-13)23-19(28)21-11-17-25-22-12-27(17)3/h4-6,9,12H,7-8,10-11H2,1-3H3,(H,24,26)(H2,21,23,28). The number of carbonyl (C=O) groups excluding carboxylic acids is 1. The second-order valence-electron chi connectivity index (χ2n) is 8.12. The van der Waals surface area contributed by atoms with Crippen LogP contribution in [0.4, 0.5) is 10.5 Å². The van der Waals surface area contributed by atoms with E-state index in [0.717, 1.165) is 36.2 Å². The Kier molecular flexibility index (Phi) is 4.62. The molecule has 1 aliphatic rings. The summed E-state index contributed by atoms with van der Waals surface area (Å²) in [6, 6.07) is 7.50. The predicted molar refractivity (Wildman–Crippen MR) is 107 cm³/mol. The minimum Gasteiger partial charge on any atom is -0.331 e. The Hall–Kier alpha value is -3.16. The van der Waals surface area contributed by atoms with Crippen LogP contribution in [-0.4, -0.2) is 31.0 Å². The van der Waals surface area contributed by atoms with Gasteiger partial charge in [0.05, 0.1) is 12.2 Å². The van der Waals surface area contributed by atoms with Crippen LogP contribution in [-0.2, 0) is 26.4 Å². The molecule has 146 valence electrons. The molecular weight excluding hydrogens is 354 g/mol. The maximum absolute atomic E-state index is 12.2. The molecule has 0 spiro atoms. The number of carbonyl (C=O) groups is 1. The molecule has 0 bridgehead atoms. The van der Waals surface area contributed by atoms with E-state index in [9.17, 15) is 4.79 Å². The van der Waals surface area contributed by atoms with Crippen molar-refractivity contribution in [2.45, 2.75) is 39.7 Å². The molecule has 0 radical (unpaired) electrons. The Morgan fingerprint density at radius 3 is 3.00 bits per heavy atom. The number of hydrogen-bond donors (Lipinski definition) is 3. The van der Waals surface area contributed by atoms with E-state index >= 15 is 0 Å². The number of urea groups is 1. The number of nitrogens with one attached hydrogen (secondary N) is 3. The van der Waals surface area contributed by atoms with Gasteiger partial charge in [-0.25, -0.2) is 4.79 Å². The number of aromatic amines is 1. The van der Waals surface area contributed by atoms with Crippen molar-refractivity contribution in [3.8, 4) is 11.3 Å². The third kappa shape index (κ3) is 3.76. The minimum atomic E-state index is -0.286. The Morgan fingerprint density at radius 2 is 2.21 bits per heavy atom. The molecule has 3 N–H and O–H groups in total. The van der Waals surface area contributed by atoms with Crippen molar-refractivity contribution >= 4 is 11.7 Å². The summed E-state index contributed by atoms with van der Waals surface area (Å²) in [5.41, 5.74) is 5.54. The zero-order valence-corrected chi connectivity index (χ0v) is 16.4. The first-order valence-electron chi connectivity index (χ1n) is 9.45. The highest BCUT2D eigenvalue weighted by Gasteiger charge is 2.29. The average molecular weight is 379 g/mol. The zero-order valence-electron chi connectivity index (χ0n) is 16.4. The van der Waals surface area contributed by atoms with E-state index in [1.165, 1.54) is 11.3 Å². The number of anilines is 1. The molecule has 2 aromatic heterocycles. The lowest BCUT2D eigenvalue weighted by Gasteiger charge is -2.29. The van der Waals surface area contributed by atoms with E-state index in [4.69, 9.17) is 0 Å². The third-order valence-corrected chi connectivity index (χ3v) is 5.27. The van der Waals surface area contributed by atoms with Gasteiger partial charge in [-0.2, -0.15) is 5.10 Å². The highest BCUT2D eigenvalue weighted by atomic mass is 16.2. The zero-order chi connectivity index (χ0) is 19.7. The van der Waals surface area contributed by atoms with Gasteiger partial charge in [0.25, 0.3) is 0 Å². The molecule has 0 saturated heterocycles. The summed E-state index contributed by atoms with van der Waals surface area (Å²) >= 11 is 0. The van der Waals surface area contributed by atoms with Gasteiger partial charge in [-0.05, 0) is 36.8 Å². The van der Waals surface area contributed by atoms with Crippen LogP contribution in [0.1, 0.15) is 37.4 Å². The van der Waals surface area contributed by atoms with Gasteiger partial charge < -0.3 is 15.2 Å². The fourth-order valence-electron chi connectivity index (χ4n) is 3.63. The van der Waals surface area contributed by atoms with E-state index in [0.29, 0.717) is 17.8 Å². The molecule has 0 unspecified atom stereocenters. The van der Waals surface area contributed by atoms with E-state index in [1.54, 1.807) is 10.9 Å². The number of H-pyrrole nitrogens is 1. The average Bonchev–Trinajstić information content (AvgIpc) is 3.25. The Bertz CT molecular complexity index is 1000. The number of aromatic nitrogens is 5. The highest BCUT2D eigenvalue weighted by Crippen LogP contribution is 2.38. The number of amides is 2. The second kappa shape index (κ2) is 7.10. The first kappa shape index (κ1) is 18.2. The highest BCUT2D eigenvalue weighted by molar-refractivity contribution is 5.90. The van der Waals surface area contributed by atoms with E-state index in [-0.39, 0.29) is 6.03 Å². The van der Waals surface area contributed by atoms with Crippen LogP contribution in [0.25, 0.3) is 11.3 Å². The van der Waals surface area contributed by atoms with Crippen molar-refractivity contribution in [2.24, 2.45) is 12.5 Å². The van der Waals surface area contributed by atoms with Gasteiger partial charge in [-0.1, -0.05) is 26.0 Å². The van der Waals surface area contributed by atoms with Crippen molar-refractivity contribution < 1.29 is 4.79 Å². The summed E-state index contributed by atoms with van der Waals surface area (Å²) in [5, 5.41) is 21.2. The summed E-state index contributed by atoms with van der Waals surface area (Å²) in [7, 11) is 1.84. The Morgan fingerprint density at radius 1 is 1.36 bits per heavy atom. The summed E-state index contributed by atoms with van der Waals surface area (Å²) in [4.78, 5) is 12.2. The first-order chi connectivity index (χ1) is 13.4. The quantitative estimate of drug-likeness (QED) is 0.648. The number of fused-ring (bicyclic) bond motifs is 1. The van der Waals surface area contributed by atoms with Crippen molar-refractivity contribution in [2.75, 3.05) is 5.32 Å². The molecule has 3 aromatic rings. The van der Waals surface area contributed by atoms with E-state index in [1.807, 2.05) is 31.3 Å². The molecular formula is C20H25N7O. The van der Waals surface area contributed by atoms with Gasteiger partial charge in [0.2, 0.25) is 0 Å². The third-order valence-electron chi connectivity index (χ3n) is 5.27. The lowest BCUT2D eigenvalue weighted by molar-refractivity contribution is 0.251. The first-order valence-corrected chi connectivity index (χ1v) is 9.45. The van der Waals surface area contributed by atoms with Crippen LogP contribution in [0.15, 0.2) is 30.6 Å². The normalized spacial score (nSPS) is 15.1. The lowest BCUT2D eigenvalue weighted by atomic mass is 9.76. The largest absolute Gasteiger partial charge is 0.331 e. The molecule has 0 fully saturated rings. The number of nitrogens with zero attached hydrogens (tertiary/aromatic N) is 4. The van der Waals surface area contributed by atoms with Crippen molar-refractivity contribution in [3.05, 3.63) is 47.7 Å². The molecule has 28 heavy (non-hydrogen) atoms. The van der Waals surface area contributed by atoms with Crippen LogP contribution in [0.5, 0.6) is 0 Å². The van der Waals surface area contributed by atoms with E-state index in [2.05, 4.69) is 44.9 Å². The number of hydrogen-bond acceptors (Lipinski definition) is 4. The maximum atomic E-state index is 12.2. The summed E-state index contributed by atoms with van der Waals surface area (Å²) in [5.74, 6) is 0.690. The second-order valence-corrected chi connectivity index (χ2v) is 8.12. The van der Waals surface area contributed by atoms with Crippen LogP contribution in [0.3, 0.4) is 0 Å². The molecule has 0 aliphatic heterocycles. The van der Waals surface area contributed by atoms with Crippen LogP contribution in [0.2, 0.25) is 0 Å². The summed E-state index contributed by atoms with van der Waals surface area (Å²) in [6.07, 6.45) is 4.78. The lowest BCUT2D eigenvalue weighted by Crippen LogP contribution is -2.29. The summed E-state index contributed by atoms with van der Waals surface area (Å²) < 4.78 is 1.77. The van der Waals surface area contributed by atoms with Gasteiger partial charge in [0, 0.05) is 29.6 Å². The molecule has 4 rings (SSSR count). The van der Waals surface area contributed by atoms with Gasteiger partial charge in [0.15, 0.2) is 5.82 Å². The topological polar surface area (TPSA) is 101 Å². The van der Waals surface area contributed by atoms with Crippen LogP contribution >= 0.6 is 0 Å². The SMILES string of the molecule is Cn1cnnc1CNC(=O)Nc1cccc(-c2n[nH]c3c2CCC(C)(C)C3)c1. The number of aryl methyl sites for hydroxylation is 1. The number of rotatable bonds is 4. The van der Waals surface area contributed by atoms with Gasteiger partial charge in [-0.15, -0.1) is 10.2 Å². The predicted octanol–water partition coefficient (Wildman–Crippen LogP) is 3.04. The smallest absolute Gasteiger partial charge is 0.319 e. The van der Waals surface area contributed by atoms with Crippen molar-refractivity contribution in [1.29, 1.82) is 0 Å². The monoisotopic (exact) mass is 379 g/mol. The minimum absolute atomic E-state index is 0.286. The van der Waals surface area contributed by atoms with Crippen LogP contribution < -0.4 is 10.6 Å². The fraction of sp³-hybridized carbons (Fsp3) is 0.400. The van der Waals surface area contributed by atoms with Gasteiger partial charge in [-0.3, -0.25) is 5.10 Å².